The summed E-state index contributed by atoms with van der Waals surface area (Å²) in [7, 11) is 1.29. The van der Waals surface area contributed by atoms with Crippen LogP contribution in [-0.2, 0) is 9.53 Å². The van der Waals surface area contributed by atoms with Crippen molar-refractivity contribution in [1.29, 1.82) is 0 Å². The minimum absolute atomic E-state index is 0. The van der Waals surface area contributed by atoms with E-state index in [2.05, 4.69) is 4.74 Å². The Kier molecular flexibility index (Phi) is 6.67. The van der Waals surface area contributed by atoms with Gasteiger partial charge in [0.2, 0.25) is 5.76 Å². The molecule has 0 atom stereocenters. The molecule has 1 aromatic carbocycles. The standard InChI is InChI=1S/C10H10O4.Sr.2H/c1-14-9(10(12)13)6-7-2-4-8(11)5-3-7;;;/h2-6,11H,1H3,(H,12,13);;;. The second-order valence-corrected chi connectivity index (χ2v) is 2.61. The van der Waals surface area contributed by atoms with Crippen molar-refractivity contribution in [1.82, 2.24) is 0 Å². The van der Waals surface area contributed by atoms with Crippen LogP contribution < -0.4 is 0 Å². The summed E-state index contributed by atoms with van der Waals surface area (Å²) in [6.07, 6.45) is 1.38. The van der Waals surface area contributed by atoms with Crippen LogP contribution in [-0.4, -0.2) is 68.8 Å². The third kappa shape index (κ3) is 4.70. The van der Waals surface area contributed by atoms with Gasteiger partial charge in [-0.1, -0.05) is 12.1 Å². The van der Waals surface area contributed by atoms with E-state index in [1.165, 1.54) is 25.3 Å². The zero-order valence-electron chi connectivity index (χ0n) is 7.60. The molecule has 15 heavy (non-hydrogen) atoms. The molecule has 0 aliphatic rings. The fourth-order valence-corrected chi connectivity index (χ4v) is 0.930. The minimum atomic E-state index is -1.12. The van der Waals surface area contributed by atoms with E-state index in [0.717, 1.165) is 0 Å². The molecule has 0 aliphatic heterocycles. The predicted molar refractivity (Wildman–Crippen MR) is 59.3 cm³/mol. The van der Waals surface area contributed by atoms with Crippen molar-refractivity contribution in [3.63, 3.8) is 0 Å². The number of aromatic hydroxyl groups is 1. The van der Waals surface area contributed by atoms with Gasteiger partial charge in [-0.2, -0.15) is 0 Å². The molecule has 1 rings (SSSR count). The predicted octanol–water partition coefficient (Wildman–Crippen LogP) is 0.548. The molecule has 0 aromatic heterocycles. The molecule has 0 heterocycles. The normalized spacial score (nSPS) is 10.3. The van der Waals surface area contributed by atoms with E-state index in [1.807, 2.05) is 0 Å². The third-order valence-electron chi connectivity index (χ3n) is 1.62. The number of hydrogen-bond donors (Lipinski definition) is 2. The number of methoxy groups -OCH3 is 1. The van der Waals surface area contributed by atoms with Gasteiger partial charge in [0.15, 0.2) is 0 Å². The van der Waals surface area contributed by atoms with E-state index in [0.29, 0.717) is 5.56 Å². The Bertz CT molecular complexity index is 356. The van der Waals surface area contributed by atoms with Crippen molar-refractivity contribution >= 4 is 57.5 Å². The first-order valence-corrected chi connectivity index (χ1v) is 3.91. The fraction of sp³-hybridized carbons (Fsp3) is 0.100. The van der Waals surface area contributed by atoms with Crippen molar-refractivity contribution in [2.75, 3.05) is 7.11 Å². The maximum atomic E-state index is 10.6. The van der Waals surface area contributed by atoms with Gasteiger partial charge in [-0.25, -0.2) is 4.79 Å². The molecular formula is C10H12O4Sr. The average Bonchev–Trinajstić information content (AvgIpc) is 2.16. The van der Waals surface area contributed by atoms with E-state index >= 15 is 0 Å². The van der Waals surface area contributed by atoms with Crippen LogP contribution in [0.25, 0.3) is 6.08 Å². The number of carbonyl (C=O) groups is 1. The van der Waals surface area contributed by atoms with Gasteiger partial charge in [0.25, 0.3) is 0 Å². The SMILES string of the molecule is COC(=Cc1ccc(O)cc1)C(=O)O.[SrH2]. The molecule has 0 unspecified atom stereocenters. The summed E-state index contributed by atoms with van der Waals surface area (Å²) >= 11 is 0. The van der Waals surface area contributed by atoms with E-state index in [9.17, 15) is 4.79 Å². The van der Waals surface area contributed by atoms with Gasteiger partial charge in [0, 0.05) is 0 Å². The van der Waals surface area contributed by atoms with Crippen LogP contribution in [0.3, 0.4) is 0 Å². The first-order chi connectivity index (χ1) is 6.63. The van der Waals surface area contributed by atoms with Crippen LogP contribution in [0, 0.1) is 0 Å². The van der Waals surface area contributed by atoms with Gasteiger partial charge in [-0.3, -0.25) is 0 Å². The number of phenols is 1. The Morgan fingerprint density at radius 2 is 1.87 bits per heavy atom. The van der Waals surface area contributed by atoms with E-state index in [4.69, 9.17) is 10.2 Å². The molecule has 0 radical (unpaired) electrons. The molecular weight excluding hydrogens is 272 g/mol. The Labute approximate surface area is 124 Å². The van der Waals surface area contributed by atoms with E-state index in [1.54, 1.807) is 12.1 Å². The van der Waals surface area contributed by atoms with Gasteiger partial charge in [0.05, 0.1) is 7.11 Å². The summed E-state index contributed by atoms with van der Waals surface area (Å²) in [6.45, 7) is 0. The zero-order valence-corrected chi connectivity index (χ0v) is 7.60. The topological polar surface area (TPSA) is 66.8 Å². The summed E-state index contributed by atoms with van der Waals surface area (Å²) in [4.78, 5) is 10.6. The number of carboxylic acid groups (broad SMARTS) is 1. The molecule has 0 saturated carbocycles. The Hall–Kier alpha value is -0.489. The number of hydrogen-bond acceptors (Lipinski definition) is 3. The van der Waals surface area contributed by atoms with E-state index in [-0.39, 0.29) is 57.0 Å². The fourth-order valence-electron chi connectivity index (χ4n) is 0.930. The van der Waals surface area contributed by atoms with Crippen LogP contribution in [0.1, 0.15) is 5.56 Å². The number of ether oxygens (including phenoxy) is 1. The Morgan fingerprint density at radius 3 is 2.27 bits per heavy atom. The summed E-state index contributed by atoms with van der Waals surface area (Å²) in [5.41, 5.74) is 0.655. The van der Waals surface area contributed by atoms with Gasteiger partial charge >= 0.3 is 51.5 Å². The molecule has 2 N–H and O–H groups in total. The molecule has 78 valence electrons. The molecule has 0 aliphatic carbocycles. The monoisotopic (exact) mass is 284 g/mol. The quantitative estimate of drug-likeness (QED) is 0.483. The summed E-state index contributed by atoms with van der Waals surface area (Å²) < 4.78 is 4.64. The molecule has 0 fully saturated rings. The first-order valence-electron chi connectivity index (χ1n) is 3.91. The number of benzene rings is 1. The third-order valence-corrected chi connectivity index (χ3v) is 1.62. The van der Waals surface area contributed by atoms with Crippen LogP contribution in [0.2, 0.25) is 0 Å². The molecule has 0 spiro atoms. The van der Waals surface area contributed by atoms with Crippen molar-refractivity contribution in [2.45, 2.75) is 0 Å². The number of carboxylic acids is 1. The van der Waals surface area contributed by atoms with Crippen molar-refractivity contribution in [2.24, 2.45) is 0 Å². The van der Waals surface area contributed by atoms with Crippen molar-refractivity contribution in [3.8, 4) is 5.75 Å². The van der Waals surface area contributed by atoms with Gasteiger partial charge in [-0.15, -0.1) is 0 Å². The Balaban J connectivity index is 0.00000196. The summed E-state index contributed by atoms with van der Waals surface area (Å²) in [5, 5.41) is 17.6. The van der Waals surface area contributed by atoms with E-state index < -0.39 is 5.97 Å². The second-order valence-electron chi connectivity index (χ2n) is 2.61. The molecule has 0 bridgehead atoms. The summed E-state index contributed by atoms with van der Waals surface area (Å²) in [6, 6.07) is 6.14. The molecule has 4 nitrogen and oxygen atoms in total. The zero-order chi connectivity index (χ0) is 10.6. The van der Waals surface area contributed by atoms with Crippen molar-refractivity contribution in [3.05, 3.63) is 35.6 Å². The van der Waals surface area contributed by atoms with Crippen LogP contribution in [0.4, 0.5) is 0 Å². The Morgan fingerprint density at radius 1 is 1.33 bits per heavy atom. The first kappa shape index (κ1) is 14.5. The number of phenolic OH excluding ortho intramolecular Hbond substituents is 1. The number of aliphatic carboxylic acids is 1. The second kappa shape index (κ2) is 6.90. The molecule has 5 heteroatoms. The average molecular weight is 284 g/mol. The van der Waals surface area contributed by atoms with Gasteiger partial charge in [-0.05, 0) is 23.8 Å². The molecule has 0 saturated heterocycles. The maximum absolute atomic E-state index is 10.6. The molecule has 0 amide bonds. The van der Waals surface area contributed by atoms with Crippen LogP contribution in [0.5, 0.6) is 5.75 Å². The summed E-state index contributed by atoms with van der Waals surface area (Å²) in [5.74, 6) is -1.13. The number of rotatable bonds is 3. The van der Waals surface area contributed by atoms with Crippen LogP contribution >= 0.6 is 0 Å². The van der Waals surface area contributed by atoms with Gasteiger partial charge < -0.3 is 14.9 Å². The van der Waals surface area contributed by atoms with Crippen LogP contribution in [0.15, 0.2) is 30.0 Å². The van der Waals surface area contributed by atoms with Gasteiger partial charge in [0.1, 0.15) is 5.75 Å². The van der Waals surface area contributed by atoms with Crippen molar-refractivity contribution < 1.29 is 19.7 Å². The molecule has 1 aromatic rings.